The van der Waals surface area contributed by atoms with E-state index in [0.717, 1.165) is 0 Å². The number of nitrogens with zero attached hydrogens (tertiary/aromatic N) is 2. The average Bonchev–Trinajstić information content (AvgIpc) is 2.66. The maximum Gasteiger partial charge on any atom is 0.316 e. The fourth-order valence-electron chi connectivity index (χ4n) is 1.07. The summed E-state index contributed by atoms with van der Waals surface area (Å²) in [6, 6.07) is 5.62. The second-order valence-electron chi connectivity index (χ2n) is 2.80. The molecule has 0 unspecified atom stereocenters. The molecule has 76 valence electrons. The van der Waals surface area contributed by atoms with E-state index in [1.165, 1.54) is 18.2 Å². The van der Waals surface area contributed by atoms with Gasteiger partial charge in [0, 0.05) is 5.56 Å². The lowest BCUT2D eigenvalue weighted by Gasteiger charge is -1.92. The highest BCUT2D eigenvalue weighted by Gasteiger charge is 2.12. The summed E-state index contributed by atoms with van der Waals surface area (Å²) >= 11 is 0. The number of hydrogen-bond acceptors (Lipinski definition) is 4. The van der Waals surface area contributed by atoms with Gasteiger partial charge < -0.3 is 10.3 Å². The molecule has 6 heteroatoms. The van der Waals surface area contributed by atoms with Crippen LogP contribution in [-0.4, -0.2) is 16.0 Å². The van der Waals surface area contributed by atoms with Crippen LogP contribution in [0.4, 0.5) is 4.39 Å². The van der Waals surface area contributed by atoms with Crippen LogP contribution in [0.25, 0.3) is 11.4 Å². The minimum Gasteiger partial charge on any atom is -0.361 e. The molecule has 2 aromatic rings. The van der Waals surface area contributed by atoms with Gasteiger partial charge in [0.1, 0.15) is 5.82 Å². The fourth-order valence-corrected chi connectivity index (χ4v) is 1.07. The summed E-state index contributed by atoms with van der Waals surface area (Å²) in [4.78, 5) is 14.4. The molecule has 0 aliphatic rings. The second kappa shape index (κ2) is 3.49. The number of hydrogen-bond donors (Lipinski definition) is 1. The molecule has 1 aromatic heterocycles. The summed E-state index contributed by atoms with van der Waals surface area (Å²) in [5.74, 6) is -1.40. The lowest BCUT2D eigenvalue weighted by atomic mass is 10.2. The van der Waals surface area contributed by atoms with E-state index in [1.807, 2.05) is 0 Å². The van der Waals surface area contributed by atoms with Crippen LogP contribution in [0.15, 0.2) is 28.8 Å². The molecule has 5 nitrogen and oxygen atoms in total. The van der Waals surface area contributed by atoms with Crippen LogP contribution in [-0.2, 0) is 0 Å². The van der Waals surface area contributed by atoms with Crippen LogP contribution in [0.1, 0.15) is 10.7 Å². The fraction of sp³-hybridized carbons (Fsp3) is 0. The Morgan fingerprint density at radius 1 is 1.47 bits per heavy atom. The molecule has 1 amide bonds. The first-order valence-corrected chi connectivity index (χ1v) is 4.06. The van der Waals surface area contributed by atoms with E-state index < -0.39 is 11.7 Å². The average molecular weight is 207 g/mol. The third kappa shape index (κ3) is 1.83. The zero-order valence-electron chi connectivity index (χ0n) is 7.48. The number of carbonyl (C=O) groups excluding carboxylic acids is 1. The van der Waals surface area contributed by atoms with Gasteiger partial charge in [-0.2, -0.15) is 4.98 Å². The van der Waals surface area contributed by atoms with E-state index in [1.54, 1.807) is 6.07 Å². The number of nitrogens with two attached hydrogens (primary N) is 1. The SMILES string of the molecule is NC(=O)c1nc(-c2cccc(F)c2)no1. The van der Waals surface area contributed by atoms with Gasteiger partial charge in [0.2, 0.25) is 5.82 Å². The number of aromatic nitrogens is 2. The highest BCUT2D eigenvalue weighted by Crippen LogP contribution is 2.16. The van der Waals surface area contributed by atoms with Gasteiger partial charge in [-0.3, -0.25) is 4.79 Å². The Kier molecular flexibility index (Phi) is 2.17. The van der Waals surface area contributed by atoms with Gasteiger partial charge in [0.05, 0.1) is 0 Å². The molecule has 0 bridgehead atoms. The molecule has 2 N–H and O–H groups in total. The molecular weight excluding hydrogens is 201 g/mol. The van der Waals surface area contributed by atoms with E-state index in [-0.39, 0.29) is 11.7 Å². The molecule has 0 saturated carbocycles. The molecule has 0 fully saturated rings. The zero-order chi connectivity index (χ0) is 10.8. The number of primary amides is 1. The number of halogens is 1. The third-order valence-electron chi connectivity index (χ3n) is 1.72. The number of rotatable bonds is 2. The van der Waals surface area contributed by atoms with Gasteiger partial charge in [-0.1, -0.05) is 17.3 Å². The largest absolute Gasteiger partial charge is 0.361 e. The Bertz CT molecular complexity index is 510. The molecule has 15 heavy (non-hydrogen) atoms. The molecule has 1 heterocycles. The predicted molar refractivity (Wildman–Crippen MR) is 48.2 cm³/mol. The lowest BCUT2D eigenvalue weighted by Crippen LogP contribution is -2.10. The van der Waals surface area contributed by atoms with Gasteiger partial charge in [0.25, 0.3) is 0 Å². The summed E-state index contributed by atoms with van der Waals surface area (Å²) in [5, 5.41) is 3.50. The van der Waals surface area contributed by atoms with Crippen LogP contribution in [0.3, 0.4) is 0 Å². The van der Waals surface area contributed by atoms with Crippen molar-refractivity contribution in [1.82, 2.24) is 10.1 Å². The number of benzene rings is 1. The van der Waals surface area contributed by atoms with Crippen LogP contribution in [0, 0.1) is 5.82 Å². The summed E-state index contributed by atoms with van der Waals surface area (Å²) < 4.78 is 17.4. The normalized spacial score (nSPS) is 10.2. The van der Waals surface area contributed by atoms with E-state index in [4.69, 9.17) is 5.73 Å². The van der Waals surface area contributed by atoms with Crippen molar-refractivity contribution in [1.29, 1.82) is 0 Å². The Morgan fingerprint density at radius 3 is 2.87 bits per heavy atom. The molecule has 0 aliphatic heterocycles. The molecule has 0 saturated heterocycles. The van der Waals surface area contributed by atoms with E-state index in [2.05, 4.69) is 14.7 Å². The van der Waals surface area contributed by atoms with Crippen molar-refractivity contribution in [2.75, 3.05) is 0 Å². The van der Waals surface area contributed by atoms with Crippen LogP contribution in [0.2, 0.25) is 0 Å². The maximum absolute atomic E-state index is 12.8. The van der Waals surface area contributed by atoms with Crippen molar-refractivity contribution in [2.24, 2.45) is 5.73 Å². The van der Waals surface area contributed by atoms with Gasteiger partial charge in [0.15, 0.2) is 0 Å². The minimum atomic E-state index is -0.815. The molecule has 0 atom stereocenters. The standard InChI is InChI=1S/C9H6FN3O2/c10-6-3-1-2-5(4-6)8-12-9(7(11)14)15-13-8/h1-4H,(H2,11,14). The molecule has 0 aliphatic carbocycles. The summed E-state index contributed by atoms with van der Waals surface area (Å²) in [6.45, 7) is 0. The van der Waals surface area contributed by atoms with E-state index in [0.29, 0.717) is 5.56 Å². The van der Waals surface area contributed by atoms with E-state index in [9.17, 15) is 9.18 Å². The molecule has 2 rings (SSSR count). The van der Waals surface area contributed by atoms with Crippen molar-refractivity contribution in [3.05, 3.63) is 36.0 Å². The van der Waals surface area contributed by atoms with Crippen molar-refractivity contribution < 1.29 is 13.7 Å². The summed E-state index contributed by atoms with van der Waals surface area (Å²) in [7, 11) is 0. The first-order valence-electron chi connectivity index (χ1n) is 4.06. The number of amides is 1. The Morgan fingerprint density at radius 2 is 2.27 bits per heavy atom. The monoisotopic (exact) mass is 207 g/mol. The lowest BCUT2D eigenvalue weighted by molar-refractivity contribution is 0.0958. The van der Waals surface area contributed by atoms with E-state index >= 15 is 0 Å². The molecule has 0 radical (unpaired) electrons. The predicted octanol–water partition coefficient (Wildman–Crippen LogP) is 0.975. The maximum atomic E-state index is 12.8. The Balaban J connectivity index is 2.41. The Hall–Kier alpha value is -2.24. The second-order valence-corrected chi connectivity index (χ2v) is 2.80. The van der Waals surface area contributed by atoms with Gasteiger partial charge in [-0.15, -0.1) is 0 Å². The van der Waals surface area contributed by atoms with Gasteiger partial charge in [-0.25, -0.2) is 4.39 Å². The highest BCUT2D eigenvalue weighted by atomic mass is 19.1. The van der Waals surface area contributed by atoms with Crippen LogP contribution < -0.4 is 5.73 Å². The third-order valence-corrected chi connectivity index (χ3v) is 1.72. The van der Waals surface area contributed by atoms with Crippen LogP contribution in [0.5, 0.6) is 0 Å². The molecule has 1 aromatic carbocycles. The Labute approximate surface area is 83.7 Å². The van der Waals surface area contributed by atoms with Gasteiger partial charge >= 0.3 is 11.8 Å². The van der Waals surface area contributed by atoms with Crippen LogP contribution >= 0.6 is 0 Å². The smallest absolute Gasteiger partial charge is 0.316 e. The van der Waals surface area contributed by atoms with Gasteiger partial charge in [-0.05, 0) is 12.1 Å². The quantitative estimate of drug-likeness (QED) is 0.795. The zero-order valence-corrected chi connectivity index (χ0v) is 7.48. The minimum absolute atomic E-state index is 0.128. The summed E-state index contributed by atoms with van der Waals surface area (Å²) in [5.41, 5.74) is 5.35. The number of carbonyl (C=O) groups is 1. The topological polar surface area (TPSA) is 82.0 Å². The first kappa shape index (κ1) is 9.32. The molecular formula is C9H6FN3O2. The van der Waals surface area contributed by atoms with Crippen molar-refractivity contribution >= 4 is 5.91 Å². The first-order chi connectivity index (χ1) is 7.16. The highest BCUT2D eigenvalue weighted by molar-refractivity contribution is 5.88. The van der Waals surface area contributed by atoms with Crippen molar-refractivity contribution in [2.45, 2.75) is 0 Å². The van der Waals surface area contributed by atoms with Crippen molar-refractivity contribution in [3.8, 4) is 11.4 Å². The van der Waals surface area contributed by atoms with Crippen molar-refractivity contribution in [3.63, 3.8) is 0 Å². The summed E-state index contributed by atoms with van der Waals surface area (Å²) in [6.07, 6.45) is 0. The molecule has 0 spiro atoms.